The molecule has 1 saturated carbocycles. The van der Waals surface area contributed by atoms with E-state index in [1.54, 1.807) is 12.4 Å². The van der Waals surface area contributed by atoms with E-state index in [0.717, 1.165) is 23.6 Å². The Labute approximate surface area is 166 Å². The van der Waals surface area contributed by atoms with Crippen molar-refractivity contribution in [3.63, 3.8) is 0 Å². The molecule has 2 heterocycles. The lowest BCUT2D eigenvalue weighted by atomic mass is 9.96. The van der Waals surface area contributed by atoms with Crippen molar-refractivity contribution < 1.29 is 0 Å². The number of pyridine rings is 1. The molecule has 0 atom stereocenters. The van der Waals surface area contributed by atoms with E-state index in [0.29, 0.717) is 12.0 Å². The first kappa shape index (κ1) is 18.4. The number of aryl methyl sites for hydroxylation is 1. The molecule has 1 fully saturated rings. The predicted octanol–water partition coefficient (Wildman–Crippen LogP) is 5.20. The highest BCUT2D eigenvalue weighted by atomic mass is 15.2. The van der Waals surface area contributed by atoms with Gasteiger partial charge in [0, 0.05) is 36.6 Å². The SMILES string of the molecule is Cc1cccc(CNc2cc(-c3ccncc3)nc(NC3CCCCC3)n2)c1. The van der Waals surface area contributed by atoms with Crippen molar-refractivity contribution in [3.05, 3.63) is 66.0 Å². The number of hydrogen-bond donors (Lipinski definition) is 2. The molecular weight excluding hydrogens is 346 g/mol. The Morgan fingerprint density at radius 1 is 0.964 bits per heavy atom. The molecule has 0 spiro atoms. The monoisotopic (exact) mass is 373 g/mol. The Kier molecular flexibility index (Phi) is 5.80. The molecule has 28 heavy (non-hydrogen) atoms. The van der Waals surface area contributed by atoms with Gasteiger partial charge in [-0.15, -0.1) is 0 Å². The van der Waals surface area contributed by atoms with Crippen molar-refractivity contribution in [2.75, 3.05) is 10.6 Å². The van der Waals surface area contributed by atoms with Crippen LogP contribution in [0.4, 0.5) is 11.8 Å². The Morgan fingerprint density at radius 2 is 1.79 bits per heavy atom. The van der Waals surface area contributed by atoms with E-state index in [9.17, 15) is 0 Å². The first-order valence-corrected chi connectivity index (χ1v) is 10.1. The maximum absolute atomic E-state index is 4.78. The number of aromatic nitrogens is 3. The van der Waals surface area contributed by atoms with Crippen molar-refractivity contribution in [3.8, 4) is 11.3 Å². The highest BCUT2D eigenvalue weighted by Gasteiger charge is 2.15. The van der Waals surface area contributed by atoms with Crippen LogP contribution in [-0.4, -0.2) is 21.0 Å². The molecular formula is C23H27N5. The third-order valence-corrected chi connectivity index (χ3v) is 5.20. The van der Waals surface area contributed by atoms with Crippen molar-refractivity contribution in [2.24, 2.45) is 0 Å². The smallest absolute Gasteiger partial charge is 0.225 e. The van der Waals surface area contributed by atoms with E-state index in [2.05, 4.69) is 46.8 Å². The maximum Gasteiger partial charge on any atom is 0.225 e. The summed E-state index contributed by atoms with van der Waals surface area (Å²) in [7, 11) is 0. The summed E-state index contributed by atoms with van der Waals surface area (Å²) in [6.45, 7) is 2.85. The molecule has 0 unspecified atom stereocenters. The molecule has 4 rings (SSSR count). The summed E-state index contributed by atoms with van der Waals surface area (Å²) < 4.78 is 0. The van der Waals surface area contributed by atoms with Crippen LogP contribution in [0.5, 0.6) is 0 Å². The van der Waals surface area contributed by atoms with Crippen molar-refractivity contribution in [2.45, 2.75) is 51.6 Å². The van der Waals surface area contributed by atoms with Crippen molar-refractivity contribution in [1.82, 2.24) is 15.0 Å². The van der Waals surface area contributed by atoms with Gasteiger partial charge in [-0.1, -0.05) is 49.1 Å². The quantitative estimate of drug-likeness (QED) is 0.621. The lowest BCUT2D eigenvalue weighted by Crippen LogP contribution is -2.23. The van der Waals surface area contributed by atoms with Crippen LogP contribution >= 0.6 is 0 Å². The van der Waals surface area contributed by atoms with E-state index in [1.165, 1.54) is 43.2 Å². The largest absolute Gasteiger partial charge is 0.366 e. The minimum Gasteiger partial charge on any atom is -0.366 e. The standard InChI is InChI=1S/C23H27N5/c1-17-6-5-7-18(14-17)16-25-22-15-21(19-10-12-24-13-11-19)27-23(28-22)26-20-8-3-2-4-9-20/h5-7,10-15,20H,2-4,8-9,16H2,1H3,(H2,25,26,27,28). The summed E-state index contributed by atoms with van der Waals surface area (Å²) in [6.07, 6.45) is 9.86. The fourth-order valence-corrected chi connectivity index (χ4v) is 3.72. The zero-order valence-electron chi connectivity index (χ0n) is 16.4. The second-order valence-electron chi connectivity index (χ2n) is 7.52. The zero-order valence-corrected chi connectivity index (χ0v) is 16.4. The number of hydrogen-bond acceptors (Lipinski definition) is 5. The molecule has 2 aromatic heterocycles. The molecule has 1 aliphatic carbocycles. The highest BCUT2D eigenvalue weighted by molar-refractivity contribution is 5.64. The van der Waals surface area contributed by atoms with Gasteiger partial charge in [0.05, 0.1) is 5.69 Å². The van der Waals surface area contributed by atoms with Crippen LogP contribution in [0.1, 0.15) is 43.2 Å². The Hall–Kier alpha value is -2.95. The minimum atomic E-state index is 0.464. The van der Waals surface area contributed by atoms with Gasteiger partial charge in [-0.05, 0) is 37.5 Å². The number of nitrogens with one attached hydrogen (secondary N) is 2. The van der Waals surface area contributed by atoms with Crippen LogP contribution in [0.25, 0.3) is 11.3 Å². The lowest BCUT2D eigenvalue weighted by molar-refractivity contribution is 0.461. The third-order valence-electron chi connectivity index (χ3n) is 5.20. The van der Waals surface area contributed by atoms with E-state index in [-0.39, 0.29) is 0 Å². The fourth-order valence-electron chi connectivity index (χ4n) is 3.72. The fraction of sp³-hybridized carbons (Fsp3) is 0.348. The number of anilines is 2. The average molecular weight is 374 g/mol. The molecule has 0 radical (unpaired) electrons. The number of nitrogens with zero attached hydrogens (tertiary/aromatic N) is 3. The van der Waals surface area contributed by atoms with Crippen LogP contribution in [0.2, 0.25) is 0 Å². The lowest BCUT2D eigenvalue weighted by Gasteiger charge is -2.23. The van der Waals surface area contributed by atoms with E-state index >= 15 is 0 Å². The summed E-state index contributed by atoms with van der Waals surface area (Å²) in [5.74, 6) is 1.54. The Morgan fingerprint density at radius 3 is 2.57 bits per heavy atom. The normalized spacial score (nSPS) is 14.6. The van der Waals surface area contributed by atoms with Gasteiger partial charge >= 0.3 is 0 Å². The molecule has 1 aliphatic rings. The third kappa shape index (κ3) is 4.85. The van der Waals surface area contributed by atoms with Crippen molar-refractivity contribution >= 4 is 11.8 Å². The van der Waals surface area contributed by atoms with Gasteiger partial charge in [0.25, 0.3) is 0 Å². The first-order chi connectivity index (χ1) is 13.8. The topological polar surface area (TPSA) is 62.7 Å². The van der Waals surface area contributed by atoms with Gasteiger partial charge in [-0.25, -0.2) is 4.98 Å². The molecule has 5 nitrogen and oxygen atoms in total. The van der Waals surface area contributed by atoms with E-state index in [1.807, 2.05) is 18.2 Å². The second kappa shape index (κ2) is 8.83. The number of rotatable bonds is 6. The van der Waals surface area contributed by atoms with Gasteiger partial charge in [0.2, 0.25) is 5.95 Å². The molecule has 0 bridgehead atoms. The van der Waals surface area contributed by atoms with Crippen molar-refractivity contribution in [1.29, 1.82) is 0 Å². The first-order valence-electron chi connectivity index (χ1n) is 10.1. The summed E-state index contributed by atoms with van der Waals surface area (Å²) in [5, 5.41) is 7.03. The minimum absolute atomic E-state index is 0.464. The van der Waals surface area contributed by atoms with Gasteiger partial charge < -0.3 is 10.6 Å². The van der Waals surface area contributed by atoms with Crippen LogP contribution in [0, 0.1) is 6.92 Å². The Balaban J connectivity index is 1.57. The molecule has 1 aromatic carbocycles. The molecule has 3 aromatic rings. The molecule has 0 amide bonds. The molecule has 5 heteroatoms. The van der Waals surface area contributed by atoms with Crippen LogP contribution in [-0.2, 0) is 6.54 Å². The van der Waals surface area contributed by atoms with Gasteiger partial charge in [-0.3, -0.25) is 4.98 Å². The zero-order chi connectivity index (χ0) is 19.2. The molecule has 144 valence electrons. The summed E-state index contributed by atoms with van der Waals surface area (Å²) in [6, 6.07) is 15.0. The highest BCUT2D eigenvalue weighted by Crippen LogP contribution is 2.24. The van der Waals surface area contributed by atoms with Crippen LogP contribution in [0.3, 0.4) is 0 Å². The number of benzene rings is 1. The Bertz CT molecular complexity index is 904. The predicted molar refractivity (Wildman–Crippen MR) is 114 cm³/mol. The summed E-state index contributed by atoms with van der Waals surface area (Å²) in [4.78, 5) is 13.6. The maximum atomic E-state index is 4.78. The molecule has 2 N–H and O–H groups in total. The van der Waals surface area contributed by atoms with Gasteiger partial charge in [-0.2, -0.15) is 4.98 Å². The second-order valence-corrected chi connectivity index (χ2v) is 7.52. The van der Waals surface area contributed by atoms with Gasteiger partial charge in [0.1, 0.15) is 5.82 Å². The summed E-state index contributed by atoms with van der Waals surface area (Å²) >= 11 is 0. The van der Waals surface area contributed by atoms with E-state index < -0.39 is 0 Å². The molecule has 0 saturated heterocycles. The average Bonchev–Trinajstić information content (AvgIpc) is 2.74. The van der Waals surface area contributed by atoms with Crippen LogP contribution < -0.4 is 10.6 Å². The van der Waals surface area contributed by atoms with Crippen LogP contribution in [0.15, 0.2) is 54.9 Å². The van der Waals surface area contributed by atoms with Gasteiger partial charge in [0.15, 0.2) is 0 Å². The van der Waals surface area contributed by atoms with E-state index in [4.69, 9.17) is 9.97 Å². The molecule has 0 aliphatic heterocycles. The summed E-state index contributed by atoms with van der Waals surface area (Å²) in [5.41, 5.74) is 4.45.